The summed E-state index contributed by atoms with van der Waals surface area (Å²) in [6.45, 7) is 29.4. The van der Waals surface area contributed by atoms with Gasteiger partial charge in [-0.1, -0.05) is 115 Å². The number of nitrogens with zero attached hydrogens (tertiary/aromatic N) is 7. The quantitative estimate of drug-likeness (QED) is 0.0843. The highest BCUT2D eigenvalue weighted by atomic mass is 16.4. The lowest BCUT2D eigenvalue weighted by atomic mass is 9.91. The molecule has 0 aromatic heterocycles. The van der Waals surface area contributed by atoms with Gasteiger partial charge in [0.1, 0.15) is 66.5 Å². The number of hydrogen-bond donors (Lipinski definition) is 6. The number of carboxylic acid groups (broad SMARTS) is 1. The second kappa shape index (κ2) is 37.6. The van der Waals surface area contributed by atoms with E-state index in [1.807, 2.05) is 55.4 Å². The molecule has 25 nitrogen and oxygen atoms in total. The third kappa shape index (κ3) is 23.3. The van der Waals surface area contributed by atoms with Gasteiger partial charge in [-0.05, 0) is 107 Å². The van der Waals surface area contributed by atoms with Crippen molar-refractivity contribution in [2.24, 2.45) is 41.4 Å². The van der Waals surface area contributed by atoms with Gasteiger partial charge >= 0.3 is 5.97 Å². The molecule has 518 valence electrons. The van der Waals surface area contributed by atoms with Gasteiger partial charge in [-0.2, -0.15) is 0 Å². The second-order valence-corrected chi connectivity index (χ2v) is 27.3. The maximum absolute atomic E-state index is 15.3. The van der Waals surface area contributed by atoms with Crippen molar-refractivity contribution in [3.05, 3.63) is 24.3 Å². The van der Waals surface area contributed by atoms with Crippen molar-refractivity contribution in [1.29, 1.82) is 0 Å². The van der Waals surface area contributed by atoms with Gasteiger partial charge in [0.05, 0.1) is 6.10 Å². The van der Waals surface area contributed by atoms with Gasteiger partial charge in [0.15, 0.2) is 0 Å². The first-order chi connectivity index (χ1) is 42.0. The highest BCUT2D eigenvalue weighted by Crippen LogP contribution is 2.26. The predicted octanol–water partition coefficient (Wildman–Crippen LogP) is 3.67. The highest BCUT2D eigenvalue weighted by Gasteiger charge is 2.46. The van der Waals surface area contributed by atoms with E-state index in [2.05, 4.69) is 21.3 Å². The van der Waals surface area contributed by atoms with Gasteiger partial charge in [0.2, 0.25) is 65.0 Å². The number of aliphatic hydroxyl groups is 1. The molecule has 1 heterocycles. The Kier molecular flexibility index (Phi) is 33.9. The fraction of sp³-hybridized carbons (Fsp3) is 0.758. The minimum atomic E-state index is -1.70. The van der Waals surface area contributed by atoms with Crippen LogP contribution in [0, 0.1) is 41.4 Å². The summed E-state index contributed by atoms with van der Waals surface area (Å²) >= 11 is 0. The Balaban J connectivity index is 4.54. The van der Waals surface area contributed by atoms with Crippen LogP contribution in [0.25, 0.3) is 0 Å². The topological polar surface area (TPSA) is 316 Å². The first-order valence-corrected chi connectivity index (χ1v) is 32.3. The normalized spacial score (nSPS) is 26.8. The van der Waals surface area contributed by atoms with E-state index in [9.17, 15) is 43.8 Å². The van der Waals surface area contributed by atoms with Crippen molar-refractivity contribution in [2.75, 3.05) is 49.3 Å². The number of carbonyl (C=O) groups is 12. The van der Waals surface area contributed by atoms with E-state index >= 15 is 24.0 Å². The van der Waals surface area contributed by atoms with Crippen LogP contribution in [-0.2, 0) is 57.5 Å². The number of nitrogens with one attached hydrogen (secondary N) is 4. The Labute approximate surface area is 542 Å². The molecule has 91 heavy (non-hydrogen) atoms. The van der Waals surface area contributed by atoms with Crippen molar-refractivity contribution < 1.29 is 67.7 Å². The lowest BCUT2D eigenvalue weighted by molar-refractivity contribution is -0.157. The van der Waals surface area contributed by atoms with Crippen LogP contribution in [0.1, 0.15) is 163 Å². The zero-order valence-electron chi connectivity index (χ0n) is 59.2. The SMILES string of the molecule is C/C=C/C[C@@H](C)[C@@H](O)[C@H]1C(=O)NC(CC)C(=O)N(C)C(C/C=C/C(=O)O)C(=O)N(C)[C@@H](CC(C)C)C(=O)N[C@@H](C(C)C)C(=O)N(C)[C@@H](CC(C)C)C(=O)N[C@@H](C)C(=O)N[C@H](C)C(=O)N(C)C(CC(C)C)C(=O)N(C)C(CC(C)C)C(=O)N(C)[C@@H](C(C)C)C(=O)N1C. The van der Waals surface area contributed by atoms with E-state index in [4.69, 9.17) is 0 Å². The standard InChI is InChI=1S/C66H115N11O14/c1-25-27-29-42(15)55(80)54-59(84)69-45(26-2)61(86)71(18)46(30-28-31-51(78)79)62(87)72(19)48(33-37(5)6)58(83)70-52(40(11)12)65(90)73(20)47(32-36(3)4)57(82)67-43(16)56(81)68-44(17)60(85)74(21)49(34-38(7)8)63(88)75(22)50(35-39(9)10)64(89)76(23)53(41(13)14)66(91)77(54)24/h25,27-28,31,36-50,52-55,80H,26,29-30,32-35H2,1-24H3,(H,67,82)(H,68,81)(H,69,84)(H,70,83)(H,78,79)/b27-25+,31-28+/t42-,43+,44-,45?,46?,47+,48+,49?,50?,52+,53+,54+,55-/m1/s1. The zero-order valence-corrected chi connectivity index (χ0v) is 59.2. The number of hydrogen-bond acceptors (Lipinski definition) is 13. The molecule has 13 atom stereocenters. The fourth-order valence-corrected chi connectivity index (χ4v) is 11.4. The summed E-state index contributed by atoms with van der Waals surface area (Å²) in [6, 6.07) is -14.6. The van der Waals surface area contributed by atoms with Crippen LogP contribution < -0.4 is 21.3 Å². The first kappa shape index (κ1) is 82.1. The summed E-state index contributed by atoms with van der Waals surface area (Å²) in [5.41, 5.74) is 0. The lowest BCUT2D eigenvalue weighted by Crippen LogP contribution is -2.64. The Hall–Kier alpha value is -6.92. The van der Waals surface area contributed by atoms with E-state index < -0.39 is 161 Å². The number of carboxylic acids is 1. The van der Waals surface area contributed by atoms with Crippen molar-refractivity contribution >= 4 is 70.9 Å². The molecule has 1 fully saturated rings. The van der Waals surface area contributed by atoms with E-state index in [1.165, 1.54) is 88.9 Å². The smallest absolute Gasteiger partial charge is 0.327 e. The van der Waals surface area contributed by atoms with Crippen LogP contribution in [0.15, 0.2) is 24.3 Å². The average molecular weight is 1290 g/mol. The van der Waals surface area contributed by atoms with Crippen LogP contribution in [0.4, 0.5) is 0 Å². The molecule has 0 radical (unpaired) electrons. The molecule has 0 aliphatic carbocycles. The largest absolute Gasteiger partial charge is 0.478 e. The molecule has 11 amide bonds. The van der Waals surface area contributed by atoms with Crippen LogP contribution in [0.2, 0.25) is 0 Å². The van der Waals surface area contributed by atoms with E-state index in [0.29, 0.717) is 0 Å². The molecule has 25 heteroatoms. The fourth-order valence-electron chi connectivity index (χ4n) is 11.4. The molecular weight excluding hydrogens is 1170 g/mol. The number of aliphatic hydroxyl groups excluding tert-OH is 1. The zero-order chi connectivity index (χ0) is 70.5. The summed E-state index contributed by atoms with van der Waals surface area (Å²) in [6.07, 6.45) is 4.13. The molecule has 1 rings (SSSR count). The van der Waals surface area contributed by atoms with Crippen LogP contribution >= 0.6 is 0 Å². The van der Waals surface area contributed by atoms with Gasteiger partial charge < -0.3 is 65.8 Å². The second-order valence-electron chi connectivity index (χ2n) is 27.3. The number of rotatable bonds is 18. The predicted molar refractivity (Wildman–Crippen MR) is 349 cm³/mol. The van der Waals surface area contributed by atoms with Crippen LogP contribution in [0.5, 0.6) is 0 Å². The summed E-state index contributed by atoms with van der Waals surface area (Å²) < 4.78 is 0. The molecule has 0 saturated carbocycles. The molecule has 1 aliphatic rings. The Bertz CT molecular complexity index is 2570. The van der Waals surface area contributed by atoms with Crippen molar-refractivity contribution in [3.63, 3.8) is 0 Å². The molecular formula is C66H115N11O14. The van der Waals surface area contributed by atoms with Gasteiger partial charge in [0, 0.05) is 55.4 Å². The van der Waals surface area contributed by atoms with Gasteiger partial charge in [-0.25, -0.2) is 4.79 Å². The Morgan fingerprint density at radius 2 is 0.846 bits per heavy atom. The van der Waals surface area contributed by atoms with Gasteiger partial charge in [-0.15, -0.1) is 0 Å². The molecule has 0 bridgehead atoms. The summed E-state index contributed by atoms with van der Waals surface area (Å²) in [4.78, 5) is 183. The van der Waals surface area contributed by atoms with Crippen molar-refractivity contribution in [1.82, 2.24) is 55.6 Å². The first-order valence-electron chi connectivity index (χ1n) is 32.3. The molecule has 4 unspecified atom stereocenters. The van der Waals surface area contributed by atoms with Gasteiger partial charge in [0.25, 0.3) is 0 Å². The Morgan fingerprint density at radius 1 is 0.451 bits per heavy atom. The third-order valence-corrected chi connectivity index (χ3v) is 17.0. The molecule has 0 aromatic carbocycles. The number of aliphatic carboxylic acids is 1. The number of likely N-dealkylation sites (N-methyl/N-ethyl adjacent to an activating group) is 7. The monoisotopic (exact) mass is 1290 g/mol. The van der Waals surface area contributed by atoms with Crippen molar-refractivity contribution in [2.45, 2.75) is 235 Å². The van der Waals surface area contributed by atoms with Crippen LogP contribution in [-0.4, -0.2) is 237 Å². The minimum Gasteiger partial charge on any atom is -0.478 e. The summed E-state index contributed by atoms with van der Waals surface area (Å²) in [7, 11) is 9.63. The minimum absolute atomic E-state index is 0.0427. The maximum Gasteiger partial charge on any atom is 0.327 e. The van der Waals surface area contributed by atoms with E-state index in [-0.39, 0.29) is 68.6 Å². The molecule has 6 N–H and O–H groups in total. The van der Waals surface area contributed by atoms with Crippen molar-refractivity contribution in [3.8, 4) is 0 Å². The molecule has 0 aromatic rings. The molecule has 1 saturated heterocycles. The molecule has 0 spiro atoms. The number of carbonyl (C=O) groups excluding carboxylic acids is 11. The Morgan fingerprint density at radius 3 is 1.29 bits per heavy atom. The average Bonchev–Trinajstić information content (AvgIpc) is 0.906. The van der Waals surface area contributed by atoms with E-state index in [1.54, 1.807) is 60.6 Å². The van der Waals surface area contributed by atoms with Crippen LogP contribution in [0.3, 0.4) is 0 Å². The summed E-state index contributed by atoms with van der Waals surface area (Å²) in [5.74, 6) is -12.2. The third-order valence-electron chi connectivity index (χ3n) is 17.0. The van der Waals surface area contributed by atoms with Gasteiger partial charge in [-0.3, -0.25) is 52.7 Å². The van der Waals surface area contributed by atoms with E-state index in [0.717, 1.165) is 20.8 Å². The maximum atomic E-state index is 15.3. The highest BCUT2D eigenvalue weighted by molar-refractivity contribution is 6.00. The number of amides is 11. The molecule has 1 aliphatic heterocycles. The number of allylic oxidation sites excluding steroid dienone is 2. The summed E-state index contributed by atoms with van der Waals surface area (Å²) in [5, 5.41) is 32.8. The lowest BCUT2D eigenvalue weighted by Gasteiger charge is -2.41.